The highest BCUT2D eigenvalue weighted by molar-refractivity contribution is 6.07. The maximum atomic E-state index is 5.72. The van der Waals surface area contributed by atoms with Crippen molar-refractivity contribution >= 4 is 33.6 Å². The molecule has 4 nitrogen and oxygen atoms in total. The Morgan fingerprint density at radius 2 is 1.94 bits per heavy atom. The van der Waals surface area contributed by atoms with Gasteiger partial charge in [-0.15, -0.1) is 0 Å². The van der Waals surface area contributed by atoms with Gasteiger partial charge in [0.2, 0.25) is 0 Å². The zero-order chi connectivity index (χ0) is 12.1. The Bertz CT molecular complexity index is 719. The largest absolute Gasteiger partial charge is 0.441 e. The van der Waals surface area contributed by atoms with Crippen molar-refractivity contribution in [1.82, 2.24) is 4.98 Å². The molecule has 0 spiro atoms. The lowest BCUT2D eigenvalue weighted by atomic mass is 10.2. The molecule has 1 aliphatic rings. The second-order valence-corrected chi connectivity index (χ2v) is 4.94. The van der Waals surface area contributed by atoms with Crippen LogP contribution in [0.15, 0.2) is 28.7 Å². The maximum absolute atomic E-state index is 5.72. The third kappa shape index (κ3) is 1.32. The Morgan fingerprint density at radius 3 is 2.78 bits per heavy atom. The van der Waals surface area contributed by atoms with E-state index in [2.05, 4.69) is 22.0 Å². The number of aromatic amines is 1. The van der Waals surface area contributed by atoms with Crippen LogP contribution in [-0.2, 0) is 0 Å². The number of hydrogen-bond acceptors (Lipinski definition) is 3. The van der Waals surface area contributed by atoms with Gasteiger partial charge in [-0.1, -0.05) is 0 Å². The van der Waals surface area contributed by atoms with E-state index in [-0.39, 0.29) is 0 Å². The number of nitrogens with zero attached hydrogens (tertiary/aromatic N) is 1. The van der Waals surface area contributed by atoms with Crippen LogP contribution < -0.4 is 10.6 Å². The van der Waals surface area contributed by atoms with Gasteiger partial charge >= 0.3 is 0 Å². The Hall–Kier alpha value is -2.10. The number of nitrogens with two attached hydrogens (primary N) is 1. The molecule has 92 valence electrons. The smallest absolute Gasteiger partial charge is 0.191 e. The van der Waals surface area contributed by atoms with Gasteiger partial charge in [0.1, 0.15) is 11.4 Å². The molecule has 2 aromatic heterocycles. The molecule has 1 aromatic carbocycles. The number of rotatable bonds is 1. The minimum Gasteiger partial charge on any atom is -0.441 e. The van der Waals surface area contributed by atoms with Crippen molar-refractivity contribution in [3.63, 3.8) is 0 Å². The number of fused-ring (bicyclic) bond motifs is 3. The quantitative estimate of drug-likeness (QED) is 0.688. The van der Waals surface area contributed by atoms with E-state index >= 15 is 0 Å². The molecule has 4 heteroatoms. The van der Waals surface area contributed by atoms with Crippen molar-refractivity contribution in [3.05, 3.63) is 24.3 Å². The number of nitrogen functional groups attached to an aromatic ring is 1. The average Bonchev–Trinajstić information content (AvgIpc) is 3.05. The highest BCUT2D eigenvalue weighted by atomic mass is 16.3. The molecule has 0 radical (unpaired) electrons. The monoisotopic (exact) mass is 241 g/mol. The van der Waals surface area contributed by atoms with Crippen LogP contribution in [0.5, 0.6) is 0 Å². The van der Waals surface area contributed by atoms with E-state index in [0.717, 1.165) is 29.6 Å². The van der Waals surface area contributed by atoms with E-state index in [1.165, 1.54) is 24.0 Å². The van der Waals surface area contributed by atoms with Crippen LogP contribution in [0, 0.1) is 0 Å². The van der Waals surface area contributed by atoms with Gasteiger partial charge in [-0.2, -0.15) is 0 Å². The second kappa shape index (κ2) is 3.45. The van der Waals surface area contributed by atoms with Crippen molar-refractivity contribution in [1.29, 1.82) is 0 Å². The molecule has 1 fully saturated rings. The van der Waals surface area contributed by atoms with E-state index in [9.17, 15) is 0 Å². The standard InChI is InChI=1S/C14H15N3O/c15-13-7-10-9-8-14(17-5-1-2-6-17)16-11(9)3-4-12(10)18-13/h3-4,7-8,16H,1-2,5-6,15H2. The highest BCUT2D eigenvalue weighted by Gasteiger charge is 2.15. The minimum absolute atomic E-state index is 0.474. The maximum Gasteiger partial charge on any atom is 0.191 e. The first-order valence-corrected chi connectivity index (χ1v) is 6.37. The Kier molecular flexibility index (Phi) is 1.89. The van der Waals surface area contributed by atoms with Gasteiger partial charge < -0.3 is 20.0 Å². The van der Waals surface area contributed by atoms with Gasteiger partial charge in [0, 0.05) is 35.4 Å². The summed E-state index contributed by atoms with van der Waals surface area (Å²) in [7, 11) is 0. The molecule has 3 aromatic rings. The summed E-state index contributed by atoms with van der Waals surface area (Å²) in [5.74, 6) is 1.68. The predicted molar refractivity (Wildman–Crippen MR) is 73.9 cm³/mol. The van der Waals surface area contributed by atoms with Crippen LogP contribution >= 0.6 is 0 Å². The zero-order valence-corrected chi connectivity index (χ0v) is 10.1. The number of benzene rings is 1. The number of H-pyrrole nitrogens is 1. The molecular weight excluding hydrogens is 226 g/mol. The summed E-state index contributed by atoms with van der Waals surface area (Å²) in [6.07, 6.45) is 2.56. The summed E-state index contributed by atoms with van der Waals surface area (Å²) >= 11 is 0. The number of nitrogens with one attached hydrogen (secondary N) is 1. The Balaban J connectivity index is 1.95. The molecule has 0 bridgehead atoms. The van der Waals surface area contributed by atoms with E-state index in [1.54, 1.807) is 0 Å². The van der Waals surface area contributed by atoms with E-state index in [0.29, 0.717) is 5.88 Å². The molecule has 0 amide bonds. The SMILES string of the molecule is Nc1cc2c(ccc3[nH]c(N4CCCC4)cc32)o1. The summed E-state index contributed by atoms with van der Waals surface area (Å²) in [6.45, 7) is 2.28. The topological polar surface area (TPSA) is 58.2 Å². The lowest BCUT2D eigenvalue weighted by molar-refractivity contribution is 0.637. The normalized spacial score (nSPS) is 16.1. The lowest BCUT2D eigenvalue weighted by Gasteiger charge is -2.14. The third-order valence-electron chi connectivity index (χ3n) is 3.75. The first kappa shape index (κ1) is 9.88. The number of anilines is 2. The zero-order valence-electron chi connectivity index (χ0n) is 10.1. The summed E-state index contributed by atoms with van der Waals surface area (Å²) in [4.78, 5) is 5.88. The van der Waals surface area contributed by atoms with Crippen LogP contribution in [0.25, 0.3) is 21.9 Å². The first-order valence-electron chi connectivity index (χ1n) is 6.37. The van der Waals surface area contributed by atoms with Gasteiger partial charge in [-0.3, -0.25) is 0 Å². The summed E-state index contributed by atoms with van der Waals surface area (Å²) in [6, 6.07) is 8.13. The van der Waals surface area contributed by atoms with Crippen molar-refractivity contribution in [2.45, 2.75) is 12.8 Å². The van der Waals surface area contributed by atoms with Crippen LogP contribution in [0.1, 0.15) is 12.8 Å². The first-order chi connectivity index (χ1) is 8.81. The van der Waals surface area contributed by atoms with Gasteiger partial charge in [0.05, 0.1) is 0 Å². The molecular formula is C14H15N3O. The predicted octanol–water partition coefficient (Wildman–Crippen LogP) is 3.10. The number of furan rings is 1. The van der Waals surface area contributed by atoms with E-state index < -0.39 is 0 Å². The van der Waals surface area contributed by atoms with Gasteiger partial charge in [0.25, 0.3) is 0 Å². The molecule has 1 aliphatic heterocycles. The van der Waals surface area contributed by atoms with Crippen LogP contribution in [-0.4, -0.2) is 18.1 Å². The van der Waals surface area contributed by atoms with Gasteiger partial charge in [-0.05, 0) is 31.0 Å². The summed E-state index contributed by atoms with van der Waals surface area (Å²) < 4.78 is 5.46. The average molecular weight is 241 g/mol. The highest BCUT2D eigenvalue weighted by Crippen LogP contribution is 2.32. The molecule has 0 atom stereocenters. The van der Waals surface area contributed by atoms with E-state index in [4.69, 9.17) is 10.2 Å². The third-order valence-corrected chi connectivity index (χ3v) is 3.75. The molecule has 4 rings (SSSR count). The Labute approximate surface area is 104 Å². The van der Waals surface area contributed by atoms with Crippen molar-refractivity contribution in [2.75, 3.05) is 23.7 Å². The lowest BCUT2D eigenvalue weighted by Crippen LogP contribution is -2.17. The number of aromatic nitrogens is 1. The molecule has 0 aliphatic carbocycles. The molecule has 3 N–H and O–H groups in total. The fourth-order valence-corrected chi connectivity index (χ4v) is 2.86. The Morgan fingerprint density at radius 1 is 1.11 bits per heavy atom. The second-order valence-electron chi connectivity index (χ2n) is 4.94. The number of hydrogen-bond donors (Lipinski definition) is 2. The van der Waals surface area contributed by atoms with E-state index in [1.807, 2.05) is 12.1 Å². The molecule has 18 heavy (non-hydrogen) atoms. The summed E-state index contributed by atoms with van der Waals surface area (Å²) in [5.41, 5.74) is 7.72. The fraction of sp³-hybridized carbons (Fsp3) is 0.286. The summed E-state index contributed by atoms with van der Waals surface area (Å²) in [5, 5.41) is 2.28. The van der Waals surface area contributed by atoms with Crippen LogP contribution in [0.4, 0.5) is 11.7 Å². The molecule has 1 saturated heterocycles. The van der Waals surface area contributed by atoms with Crippen molar-refractivity contribution < 1.29 is 4.42 Å². The van der Waals surface area contributed by atoms with Crippen LogP contribution in [0.3, 0.4) is 0 Å². The van der Waals surface area contributed by atoms with Gasteiger partial charge in [0.15, 0.2) is 5.88 Å². The molecule has 3 heterocycles. The van der Waals surface area contributed by atoms with Crippen molar-refractivity contribution in [2.24, 2.45) is 0 Å². The molecule has 0 saturated carbocycles. The molecule has 0 unspecified atom stereocenters. The van der Waals surface area contributed by atoms with Crippen molar-refractivity contribution in [3.8, 4) is 0 Å². The van der Waals surface area contributed by atoms with Crippen LogP contribution in [0.2, 0.25) is 0 Å². The minimum atomic E-state index is 0.474. The van der Waals surface area contributed by atoms with Gasteiger partial charge in [-0.25, -0.2) is 0 Å². The fourth-order valence-electron chi connectivity index (χ4n) is 2.86.